The van der Waals surface area contributed by atoms with Crippen LogP contribution < -0.4 is 10.2 Å². The average Bonchev–Trinajstić information content (AvgIpc) is 2.99. The van der Waals surface area contributed by atoms with E-state index in [0.717, 1.165) is 4.90 Å². The standard InChI is InChI=1S/C16H15N3O3S2/c1-16(2)14(23)17-15(18-16)24(22)9-10-5-3-4-6-11(10)19-12(20)7-8-13(19)21/h3-8H,9H2,1-2H3,(H,17,18,23). The van der Waals surface area contributed by atoms with Crippen molar-refractivity contribution in [2.24, 2.45) is 4.99 Å². The molecule has 0 saturated carbocycles. The third-order valence-electron chi connectivity index (χ3n) is 3.70. The van der Waals surface area contributed by atoms with Crippen LogP contribution in [0, 0.1) is 0 Å². The number of benzene rings is 1. The molecule has 1 N–H and O–H groups in total. The highest BCUT2D eigenvalue weighted by atomic mass is 32.2. The third-order valence-corrected chi connectivity index (χ3v) is 5.50. The normalized spacial score (nSPS) is 20.4. The minimum absolute atomic E-state index is 0.123. The number of aliphatic imine (C=N–C) groups is 1. The number of amidine groups is 1. The van der Waals surface area contributed by atoms with Gasteiger partial charge in [0.25, 0.3) is 11.8 Å². The number of imide groups is 1. The lowest BCUT2D eigenvalue weighted by Crippen LogP contribution is -2.44. The fraction of sp³-hybridized carbons (Fsp3) is 0.250. The minimum Gasteiger partial charge on any atom is -0.609 e. The first-order valence-corrected chi connectivity index (χ1v) is 8.96. The first-order valence-electron chi connectivity index (χ1n) is 7.23. The molecule has 24 heavy (non-hydrogen) atoms. The molecule has 1 aromatic carbocycles. The Labute approximate surface area is 147 Å². The number of amides is 2. The van der Waals surface area contributed by atoms with Crippen molar-refractivity contribution in [3.8, 4) is 0 Å². The van der Waals surface area contributed by atoms with E-state index in [1.165, 1.54) is 12.2 Å². The lowest BCUT2D eigenvalue weighted by atomic mass is 10.1. The third kappa shape index (κ3) is 3.00. The molecule has 0 spiro atoms. The lowest BCUT2D eigenvalue weighted by Gasteiger charge is -2.20. The van der Waals surface area contributed by atoms with E-state index in [1.807, 2.05) is 13.8 Å². The molecular formula is C16H15N3O3S2. The molecule has 3 rings (SSSR count). The Balaban J connectivity index is 1.84. The van der Waals surface area contributed by atoms with E-state index >= 15 is 0 Å². The van der Waals surface area contributed by atoms with Crippen molar-refractivity contribution >= 4 is 51.1 Å². The fourth-order valence-electron chi connectivity index (χ4n) is 2.39. The molecule has 124 valence electrons. The smallest absolute Gasteiger partial charge is 0.318 e. The van der Waals surface area contributed by atoms with Gasteiger partial charge in [-0.2, -0.15) is 4.99 Å². The van der Waals surface area contributed by atoms with Gasteiger partial charge in [-0.15, -0.1) is 0 Å². The summed E-state index contributed by atoms with van der Waals surface area (Å²) >= 11 is 3.71. The summed E-state index contributed by atoms with van der Waals surface area (Å²) in [6, 6.07) is 6.90. The van der Waals surface area contributed by atoms with Crippen molar-refractivity contribution in [2.45, 2.75) is 25.1 Å². The van der Waals surface area contributed by atoms with Gasteiger partial charge in [-0.25, -0.2) is 4.90 Å². The van der Waals surface area contributed by atoms with Crippen LogP contribution in [-0.4, -0.2) is 32.1 Å². The summed E-state index contributed by atoms with van der Waals surface area (Å²) < 4.78 is 12.6. The van der Waals surface area contributed by atoms with Crippen LogP contribution in [0.25, 0.3) is 0 Å². The molecule has 0 bridgehead atoms. The second-order valence-electron chi connectivity index (χ2n) is 5.94. The van der Waals surface area contributed by atoms with Gasteiger partial charge >= 0.3 is 5.17 Å². The monoisotopic (exact) mass is 361 g/mol. The topological polar surface area (TPSA) is 84.8 Å². The Morgan fingerprint density at radius 2 is 1.88 bits per heavy atom. The molecule has 1 atom stereocenters. The molecule has 0 fully saturated rings. The van der Waals surface area contributed by atoms with Crippen LogP contribution in [0.1, 0.15) is 19.4 Å². The molecule has 0 aromatic heterocycles. The quantitative estimate of drug-likeness (QED) is 0.500. The first kappa shape index (κ1) is 16.8. The molecule has 0 aliphatic carbocycles. The van der Waals surface area contributed by atoms with Gasteiger partial charge in [0.05, 0.1) is 11.2 Å². The molecule has 6 nitrogen and oxygen atoms in total. The number of hydrogen-bond acceptors (Lipinski definition) is 5. The van der Waals surface area contributed by atoms with Crippen LogP contribution in [0.5, 0.6) is 0 Å². The number of rotatable bonds is 3. The summed E-state index contributed by atoms with van der Waals surface area (Å²) in [4.78, 5) is 29.5. The van der Waals surface area contributed by atoms with Gasteiger partial charge in [0.2, 0.25) is 0 Å². The highest BCUT2D eigenvalue weighted by Gasteiger charge is 2.37. The first-order chi connectivity index (χ1) is 11.3. The highest BCUT2D eigenvalue weighted by Crippen LogP contribution is 2.26. The van der Waals surface area contributed by atoms with Crippen molar-refractivity contribution in [3.05, 3.63) is 42.0 Å². The van der Waals surface area contributed by atoms with Crippen LogP contribution in [0.15, 0.2) is 41.4 Å². The maximum Gasteiger partial charge on any atom is 0.318 e. The van der Waals surface area contributed by atoms with Gasteiger partial charge < -0.3 is 9.87 Å². The summed E-state index contributed by atoms with van der Waals surface area (Å²) in [5.74, 6) is -0.689. The molecule has 1 unspecified atom stereocenters. The van der Waals surface area contributed by atoms with Crippen LogP contribution in [-0.2, 0) is 26.5 Å². The number of anilines is 1. The SMILES string of the molecule is CC1(C)NC([S+]([O-])Cc2ccccc2N2C(=O)C=CC2=O)=NC1=S. The Hall–Kier alpha value is -2.03. The average molecular weight is 361 g/mol. The fourth-order valence-corrected chi connectivity index (χ4v) is 3.81. The van der Waals surface area contributed by atoms with E-state index in [4.69, 9.17) is 12.2 Å². The number of carbonyl (C=O) groups excluding carboxylic acids is 2. The largest absolute Gasteiger partial charge is 0.609 e. The molecule has 0 saturated heterocycles. The van der Waals surface area contributed by atoms with Crippen LogP contribution in [0.4, 0.5) is 5.69 Å². The molecule has 0 radical (unpaired) electrons. The second-order valence-corrected chi connectivity index (χ2v) is 7.69. The van der Waals surface area contributed by atoms with Crippen molar-refractivity contribution in [1.82, 2.24) is 5.32 Å². The summed E-state index contributed by atoms with van der Waals surface area (Å²) in [6.45, 7) is 3.73. The molecule has 2 heterocycles. The van der Waals surface area contributed by atoms with E-state index in [2.05, 4.69) is 10.3 Å². The van der Waals surface area contributed by atoms with Gasteiger partial charge in [0, 0.05) is 28.9 Å². The maximum atomic E-state index is 12.6. The van der Waals surface area contributed by atoms with Crippen molar-refractivity contribution in [2.75, 3.05) is 4.90 Å². The molecule has 2 aliphatic rings. The summed E-state index contributed by atoms with van der Waals surface area (Å²) in [6.07, 6.45) is 2.44. The Morgan fingerprint density at radius 1 is 1.25 bits per heavy atom. The number of para-hydroxylation sites is 1. The number of nitrogens with one attached hydrogen (secondary N) is 1. The Kier molecular flexibility index (Phi) is 4.29. The zero-order valence-electron chi connectivity index (χ0n) is 13.1. The van der Waals surface area contributed by atoms with E-state index < -0.39 is 28.5 Å². The molecule has 2 aliphatic heterocycles. The number of hydrogen-bond donors (Lipinski definition) is 1. The lowest BCUT2D eigenvalue weighted by molar-refractivity contribution is -0.119. The number of thiocarbonyl (C=S) groups is 1. The zero-order chi connectivity index (χ0) is 17.5. The maximum absolute atomic E-state index is 12.6. The van der Waals surface area contributed by atoms with Gasteiger partial charge in [0.15, 0.2) is 0 Å². The van der Waals surface area contributed by atoms with Gasteiger partial charge in [-0.05, 0) is 19.9 Å². The molecule has 2 amide bonds. The van der Waals surface area contributed by atoms with Gasteiger partial charge in [-0.1, -0.05) is 30.4 Å². The Morgan fingerprint density at radius 3 is 2.46 bits per heavy atom. The predicted molar refractivity (Wildman–Crippen MR) is 97.2 cm³/mol. The van der Waals surface area contributed by atoms with Gasteiger partial charge in [-0.3, -0.25) is 9.59 Å². The Bertz CT molecular complexity index is 784. The van der Waals surface area contributed by atoms with Crippen molar-refractivity contribution in [3.63, 3.8) is 0 Å². The zero-order valence-corrected chi connectivity index (χ0v) is 14.7. The number of nitrogens with zero attached hydrogens (tertiary/aromatic N) is 2. The highest BCUT2D eigenvalue weighted by molar-refractivity contribution is 8.05. The van der Waals surface area contributed by atoms with E-state index in [-0.39, 0.29) is 5.75 Å². The van der Waals surface area contributed by atoms with E-state index in [1.54, 1.807) is 24.3 Å². The summed E-state index contributed by atoms with van der Waals surface area (Å²) in [5.41, 5.74) is 0.553. The van der Waals surface area contributed by atoms with Crippen molar-refractivity contribution < 1.29 is 14.1 Å². The predicted octanol–water partition coefficient (Wildman–Crippen LogP) is 1.43. The van der Waals surface area contributed by atoms with Crippen LogP contribution in [0.3, 0.4) is 0 Å². The minimum atomic E-state index is -1.46. The van der Waals surface area contributed by atoms with E-state index in [0.29, 0.717) is 21.4 Å². The molecular weight excluding hydrogens is 346 g/mol. The van der Waals surface area contributed by atoms with Gasteiger partial charge in [0.1, 0.15) is 10.7 Å². The molecule has 1 aromatic rings. The number of carbonyl (C=O) groups is 2. The summed E-state index contributed by atoms with van der Waals surface area (Å²) in [7, 11) is 0. The summed E-state index contributed by atoms with van der Waals surface area (Å²) in [5, 5.41) is 3.37. The van der Waals surface area contributed by atoms with Crippen LogP contribution >= 0.6 is 12.2 Å². The van der Waals surface area contributed by atoms with Crippen molar-refractivity contribution in [1.29, 1.82) is 0 Å². The van der Waals surface area contributed by atoms with Crippen LogP contribution in [0.2, 0.25) is 0 Å². The second kappa shape index (κ2) is 6.12. The van der Waals surface area contributed by atoms with E-state index in [9.17, 15) is 14.1 Å². The molecule has 8 heteroatoms.